The fourth-order valence-corrected chi connectivity index (χ4v) is 5.72. The zero-order valence-corrected chi connectivity index (χ0v) is 19.6. The summed E-state index contributed by atoms with van der Waals surface area (Å²) in [5, 5.41) is 6.08. The molecule has 0 unspecified atom stereocenters. The Hall–Kier alpha value is -3.16. The molecule has 4 aliphatic rings. The Bertz CT molecular complexity index is 1140. The van der Waals surface area contributed by atoms with Crippen LogP contribution in [0.1, 0.15) is 62.8 Å². The quantitative estimate of drug-likeness (QED) is 0.677. The lowest BCUT2D eigenvalue weighted by molar-refractivity contribution is -0.0976. The van der Waals surface area contributed by atoms with Crippen LogP contribution in [0, 0.1) is 11.6 Å². The molecule has 1 atom stereocenters. The molecule has 2 bridgehead atoms. The zero-order valence-electron chi connectivity index (χ0n) is 19.6. The highest BCUT2D eigenvalue weighted by Crippen LogP contribution is 2.60. The lowest BCUT2D eigenvalue weighted by Gasteiger charge is -2.70. The first kappa shape index (κ1) is 22.6. The second kappa shape index (κ2) is 7.68. The fraction of sp³-hybridized carbons (Fsp3) is 0.462. The molecule has 180 valence electrons. The van der Waals surface area contributed by atoms with Gasteiger partial charge in [0.15, 0.2) is 0 Å². The van der Waals surface area contributed by atoms with Gasteiger partial charge in [-0.25, -0.2) is 18.4 Å². The monoisotopic (exact) mass is 469 g/mol. The Morgan fingerprint density at radius 1 is 1.00 bits per heavy atom. The first-order valence-electron chi connectivity index (χ1n) is 11.6. The minimum Gasteiger partial charge on any atom is -0.444 e. The Morgan fingerprint density at radius 3 is 2.35 bits per heavy atom. The first-order chi connectivity index (χ1) is 16.0. The summed E-state index contributed by atoms with van der Waals surface area (Å²) < 4.78 is 33.8. The SMILES string of the molecule is CC(C)(C)OC(=O)NC12CC(NC(=O)N3CCc4ccccc4[C@@H]3c3ccc(F)cc3F)(C1)C2. The minimum absolute atomic E-state index is 0.268. The average Bonchev–Trinajstić information content (AvgIpc) is 2.69. The van der Waals surface area contributed by atoms with E-state index in [0.717, 1.165) is 17.2 Å². The lowest BCUT2D eigenvalue weighted by atomic mass is 9.44. The van der Waals surface area contributed by atoms with Gasteiger partial charge in [0.25, 0.3) is 0 Å². The number of nitrogens with one attached hydrogen (secondary N) is 2. The summed E-state index contributed by atoms with van der Waals surface area (Å²) in [6, 6.07) is 10.2. The first-order valence-corrected chi connectivity index (χ1v) is 11.6. The van der Waals surface area contributed by atoms with Gasteiger partial charge in [-0.15, -0.1) is 0 Å². The van der Waals surface area contributed by atoms with Gasteiger partial charge in [-0.1, -0.05) is 30.3 Å². The molecule has 6 nitrogen and oxygen atoms in total. The van der Waals surface area contributed by atoms with E-state index >= 15 is 0 Å². The molecular formula is C26H29F2N3O3. The number of carbonyl (C=O) groups excluding carboxylic acids is 2. The van der Waals surface area contributed by atoms with Crippen LogP contribution in [-0.2, 0) is 11.2 Å². The summed E-state index contributed by atoms with van der Waals surface area (Å²) in [5.41, 5.74) is 0.863. The summed E-state index contributed by atoms with van der Waals surface area (Å²) in [7, 11) is 0. The number of urea groups is 1. The van der Waals surface area contributed by atoms with E-state index < -0.39 is 29.4 Å². The Morgan fingerprint density at radius 2 is 1.68 bits per heavy atom. The maximum atomic E-state index is 14.8. The Labute approximate surface area is 197 Å². The van der Waals surface area contributed by atoms with Gasteiger partial charge in [0.1, 0.15) is 17.2 Å². The number of halogens is 2. The van der Waals surface area contributed by atoms with Gasteiger partial charge in [-0.3, -0.25) is 0 Å². The number of ether oxygens (including phenoxy) is 1. The van der Waals surface area contributed by atoms with Crippen LogP contribution in [0.5, 0.6) is 0 Å². The van der Waals surface area contributed by atoms with Gasteiger partial charge in [0.05, 0.1) is 11.6 Å². The van der Waals surface area contributed by atoms with E-state index in [4.69, 9.17) is 4.74 Å². The Kier molecular flexibility index (Phi) is 5.11. The molecular weight excluding hydrogens is 440 g/mol. The molecule has 2 N–H and O–H groups in total. The van der Waals surface area contributed by atoms with Crippen LogP contribution in [-0.4, -0.2) is 40.2 Å². The number of hydrogen-bond donors (Lipinski definition) is 2. The molecule has 3 fully saturated rings. The third-order valence-electron chi connectivity index (χ3n) is 6.97. The molecule has 2 aromatic carbocycles. The normalized spacial score (nSPS) is 27.1. The number of nitrogens with zero attached hydrogens (tertiary/aromatic N) is 1. The number of carbonyl (C=O) groups is 2. The van der Waals surface area contributed by atoms with Crippen molar-refractivity contribution in [2.75, 3.05) is 6.54 Å². The lowest BCUT2D eigenvalue weighted by Crippen LogP contribution is -2.84. The smallest absolute Gasteiger partial charge is 0.408 e. The molecule has 3 aliphatic carbocycles. The van der Waals surface area contributed by atoms with E-state index in [0.29, 0.717) is 32.2 Å². The molecule has 1 aliphatic heterocycles. The molecule has 8 heteroatoms. The maximum absolute atomic E-state index is 14.8. The highest BCUT2D eigenvalue weighted by molar-refractivity contribution is 5.78. The van der Waals surface area contributed by atoms with E-state index in [1.165, 1.54) is 12.1 Å². The average molecular weight is 470 g/mol. The molecule has 0 spiro atoms. The minimum atomic E-state index is -0.675. The van der Waals surface area contributed by atoms with Crippen molar-refractivity contribution >= 4 is 12.1 Å². The van der Waals surface area contributed by atoms with Crippen LogP contribution in [0.15, 0.2) is 42.5 Å². The van der Waals surface area contributed by atoms with Crippen LogP contribution < -0.4 is 10.6 Å². The molecule has 3 saturated carbocycles. The van der Waals surface area contributed by atoms with E-state index in [9.17, 15) is 18.4 Å². The summed E-state index contributed by atoms with van der Waals surface area (Å²) in [4.78, 5) is 27.2. The number of amides is 3. The molecule has 6 rings (SSSR count). The largest absolute Gasteiger partial charge is 0.444 e. The third kappa shape index (κ3) is 3.99. The summed E-state index contributed by atoms with van der Waals surface area (Å²) >= 11 is 0. The van der Waals surface area contributed by atoms with Crippen molar-refractivity contribution in [1.82, 2.24) is 15.5 Å². The predicted octanol–water partition coefficient (Wildman–Crippen LogP) is 4.82. The van der Waals surface area contributed by atoms with Crippen molar-refractivity contribution < 1.29 is 23.1 Å². The third-order valence-corrected chi connectivity index (χ3v) is 6.97. The zero-order chi connectivity index (χ0) is 24.3. The number of alkyl carbamates (subject to hydrolysis) is 1. The topological polar surface area (TPSA) is 70.7 Å². The van der Waals surface area contributed by atoms with Gasteiger partial charge < -0.3 is 20.3 Å². The number of hydrogen-bond acceptors (Lipinski definition) is 3. The fourth-order valence-electron chi connectivity index (χ4n) is 5.72. The van der Waals surface area contributed by atoms with Crippen molar-refractivity contribution in [2.45, 2.75) is 69.2 Å². The van der Waals surface area contributed by atoms with Crippen molar-refractivity contribution in [3.63, 3.8) is 0 Å². The summed E-state index contributed by atoms with van der Waals surface area (Å²) in [6.45, 7) is 5.86. The van der Waals surface area contributed by atoms with E-state index in [2.05, 4.69) is 10.6 Å². The summed E-state index contributed by atoms with van der Waals surface area (Å²) in [5.74, 6) is -1.33. The molecule has 3 amide bonds. The predicted molar refractivity (Wildman–Crippen MR) is 122 cm³/mol. The Balaban J connectivity index is 1.31. The van der Waals surface area contributed by atoms with E-state index in [-0.39, 0.29) is 22.7 Å². The van der Waals surface area contributed by atoms with Crippen molar-refractivity contribution in [2.24, 2.45) is 0 Å². The van der Waals surface area contributed by atoms with Crippen LogP contribution >= 0.6 is 0 Å². The molecule has 2 aromatic rings. The van der Waals surface area contributed by atoms with Gasteiger partial charge in [0.2, 0.25) is 0 Å². The van der Waals surface area contributed by atoms with Crippen LogP contribution in [0.4, 0.5) is 18.4 Å². The van der Waals surface area contributed by atoms with Crippen LogP contribution in [0.3, 0.4) is 0 Å². The molecule has 0 saturated heterocycles. The molecule has 0 radical (unpaired) electrons. The number of benzene rings is 2. The van der Waals surface area contributed by atoms with Crippen molar-refractivity contribution in [3.8, 4) is 0 Å². The van der Waals surface area contributed by atoms with Gasteiger partial charge in [-0.05, 0) is 63.6 Å². The van der Waals surface area contributed by atoms with Crippen molar-refractivity contribution in [1.29, 1.82) is 0 Å². The highest BCUT2D eigenvalue weighted by Gasteiger charge is 2.70. The number of fused-ring (bicyclic) bond motifs is 1. The highest BCUT2D eigenvalue weighted by atomic mass is 19.1. The standard InChI is InChI=1S/C26H29F2N3O3/c1-24(2,3)34-23(33)30-26-13-25(14-26,15-26)29-22(32)31-11-10-16-6-4-5-7-18(16)21(31)19-9-8-17(27)12-20(19)28/h4-9,12,21H,10-11,13-15H2,1-3H3,(H,29,32)(H,30,33)/t21-,25?,26?/m1/s1. The number of rotatable bonds is 3. The van der Waals surface area contributed by atoms with Gasteiger partial charge in [0, 0.05) is 23.7 Å². The van der Waals surface area contributed by atoms with Gasteiger partial charge >= 0.3 is 12.1 Å². The molecule has 0 aromatic heterocycles. The summed E-state index contributed by atoms with van der Waals surface area (Å²) in [6.07, 6.45) is 2.09. The van der Waals surface area contributed by atoms with Crippen LogP contribution in [0.2, 0.25) is 0 Å². The van der Waals surface area contributed by atoms with Gasteiger partial charge in [-0.2, -0.15) is 0 Å². The van der Waals surface area contributed by atoms with Crippen LogP contribution in [0.25, 0.3) is 0 Å². The van der Waals surface area contributed by atoms with E-state index in [1.54, 1.807) is 4.90 Å². The molecule has 34 heavy (non-hydrogen) atoms. The van der Waals surface area contributed by atoms with Crippen molar-refractivity contribution in [3.05, 3.63) is 70.8 Å². The second-order valence-electron chi connectivity index (χ2n) is 10.9. The molecule has 1 heterocycles. The maximum Gasteiger partial charge on any atom is 0.408 e. The second-order valence-corrected chi connectivity index (χ2v) is 10.9. The van der Waals surface area contributed by atoms with E-state index in [1.807, 2.05) is 45.0 Å².